The van der Waals surface area contributed by atoms with Gasteiger partial charge in [-0.15, -0.1) is 0 Å². The van der Waals surface area contributed by atoms with Crippen molar-refractivity contribution in [3.63, 3.8) is 0 Å². The predicted molar refractivity (Wildman–Crippen MR) is 203 cm³/mol. The summed E-state index contributed by atoms with van der Waals surface area (Å²) in [7, 11) is 3.71. The van der Waals surface area contributed by atoms with Gasteiger partial charge in [0.15, 0.2) is 5.82 Å². The van der Waals surface area contributed by atoms with Gasteiger partial charge in [-0.1, -0.05) is 63.8 Å². The third-order valence-corrected chi connectivity index (χ3v) is 9.02. The summed E-state index contributed by atoms with van der Waals surface area (Å²) in [6, 6.07) is 16.6. The van der Waals surface area contributed by atoms with Crippen LogP contribution in [0.4, 0.5) is 5.69 Å². The molecule has 1 unspecified atom stereocenters. The highest BCUT2D eigenvalue weighted by Crippen LogP contribution is 2.29. The average molecular weight is 661 g/mol. The summed E-state index contributed by atoms with van der Waals surface area (Å²) in [6.45, 7) is 17.1. The standard InChI is InChI=1S/C25H30N4O.C13H16N4.C2H6/c1-20(17-28-16-11-25(2,18-28)19-30)29-14-3-5-21(10-15-29)22-6-8-23(9-7-22)24-26-12-4-13-27-24;1-9-4-5-11(14-2)6-12(9)13(15-3)10-7-16-17-8-10;1-2/h4-9,12-13,19H,1,3,10-11,14-18H2,2H3;4-8,14H,1-3H3,(H,16,17);1-2H3. The lowest BCUT2D eigenvalue weighted by molar-refractivity contribution is -0.114. The zero-order valence-corrected chi connectivity index (χ0v) is 30.0. The highest BCUT2D eigenvalue weighted by Gasteiger charge is 2.33. The third-order valence-electron chi connectivity index (χ3n) is 9.02. The molecule has 6 rings (SSSR count). The maximum Gasteiger partial charge on any atom is 0.159 e. The van der Waals surface area contributed by atoms with Crippen LogP contribution < -0.4 is 5.32 Å². The molecule has 0 bridgehead atoms. The molecule has 49 heavy (non-hydrogen) atoms. The number of aromatic amines is 1. The molecule has 1 saturated heterocycles. The van der Waals surface area contributed by atoms with Crippen LogP contribution >= 0.6 is 0 Å². The molecular formula is C40H52N8O. The van der Waals surface area contributed by atoms with Gasteiger partial charge in [0.25, 0.3) is 0 Å². The lowest BCUT2D eigenvalue weighted by atomic mass is 9.92. The summed E-state index contributed by atoms with van der Waals surface area (Å²) in [5.74, 6) is 0.758. The van der Waals surface area contributed by atoms with Crippen molar-refractivity contribution in [2.45, 2.75) is 47.0 Å². The minimum atomic E-state index is -0.190. The fourth-order valence-corrected chi connectivity index (χ4v) is 6.21. The number of hydrogen-bond donors (Lipinski definition) is 2. The smallest absolute Gasteiger partial charge is 0.159 e. The Morgan fingerprint density at radius 2 is 1.82 bits per heavy atom. The maximum absolute atomic E-state index is 11.3. The van der Waals surface area contributed by atoms with E-state index in [0.29, 0.717) is 0 Å². The third kappa shape index (κ3) is 9.83. The molecule has 2 aliphatic heterocycles. The average Bonchev–Trinajstić information content (AvgIpc) is 3.74. The van der Waals surface area contributed by atoms with Gasteiger partial charge in [-0.2, -0.15) is 5.10 Å². The molecule has 2 aliphatic rings. The fourth-order valence-electron chi connectivity index (χ4n) is 6.21. The Labute approximate surface area is 292 Å². The number of carbonyl (C=O) groups excluding carboxylic acids is 1. The Morgan fingerprint density at radius 1 is 1.08 bits per heavy atom. The van der Waals surface area contributed by atoms with Gasteiger partial charge in [0.05, 0.1) is 11.9 Å². The molecule has 9 nitrogen and oxygen atoms in total. The lowest BCUT2D eigenvalue weighted by Crippen LogP contribution is -2.33. The number of rotatable bonds is 9. The first-order chi connectivity index (χ1) is 23.8. The number of nitrogens with one attached hydrogen (secondary N) is 2. The van der Waals surface area contributed by atoms with E-state index in [1.165, 1.54) is 16.7 Å². The number of H-pyrrole nitrogens is 1. The highest BCUT2D eigenvalue weighted by atomic mass is 16.1. The second-order valence-corrected chi connectivity index (χ2v) is 12.5. The number of carbonyl (C=O) groups is 1. The van der Waals surface area contributed by atoms with Crippen LogP contribution in [0.25, 0.3) is 17.0 Å². The van der Waals surface area contributed by atoms with E-state index < -0.39 is 0 Å². The second-order valence-electron chi connectivity index (χ2n) is 12.5. The Hall–Kier alpha value is -4.89. The summed E-state index contributed by atoms with van der Waals surface area (Å²) < 4.78 is 0. The quantitative estimate of drug-likeness (QED) is 0.144. The van der Waals surface area contributed by atoms with Crippen LogP contribution in [0.3, 0.4) is 0 Å². The number of likely N-dealkylation sites (tertiary alicyclic amines) is 1. The molecule has 1 fully saturated rings. The number of hydrogen-bond acceptors (Lipinski definition) is 8. The summed E-state index contributed by atoms with van der Waals surface area (Å²) >= 11 is 0. The van der Waals surface area contributed by atoms with Crippen molar-refractivity contribution in [2.24, 2.45) is 10.4 Å². The van der Waals surface area contributed by atoms with Crippen LogP contribution in [0.2, 0.25) is 0 Å². The van der Waals surface area contributed by atoms with E-state index in [0.717, 1.165) is 97.9 Å². The molecule has 9 heteroatoms. The van der Waals surface area contributed by atoms with Crippen molar-refractivity contribution in [3.05, 3.63) is 114 Å². The predicted octanol–water partition coefficient (Wildman–Crippen LogP) is 7.30. The van der Waals surface area contributed by atoms with Gasteiger partial charge in [0, 0.05) is 92.4 Å². The van der Waals surface area contributed by atoms with Gasteiger partial charge in [0.2, 0.25) is 0 Å². The van der Waals surface area contributed by atoms with Crippen molar-refractivity contribution in [1.82, 2.24) is 30.0 Å². The van der Waals surface area contributed by atoms with E-state index >= 15 is 0 Å². The van der Waals surface area contributed by atoms with Crippen LogP contribution in [0.15, 0.2) is 96.7 Å². The molecule has 2 N–H and O–H groups in total. The van der Waals surface area contributed by atoms with E-state index in [-0.39, 0.29) is 5.41 Å². The Bertz CT molecular complexity index is 1700. The number of anilines is 1. The number of nitrogens with zero attached hydrogens (tertiary/aromatic N) is 6. The largest absolute Gasteiger partial charge is 0.388 e. The molecule has 0 spiro atoms. The number of aliphatic imine (C=N–C) groups is 1. The first-order valence-electron chi connectivity index (χ1n) is 17.3. The summed E-state index contributed by atoms with van der Waals surface area (Å²) in [6.07, 6.45) is 13.6. The van der Waals surface area contributed by atoms with Crippen molar-refractivity contribution < 1.29 is 4.79 Å². The zero-order valence-electron chi connectivity index (χ0n) is 30.0. The van der Waals surface area contributed by atoms with Crippen molar-refractivity contribution in [3.8, 4) is 11.4 Å². The summed E-state index contributed by atoms with van der Waals surface area (Å²) in [5, 5.41) is 9.92. The van der Waals surface area contributed by atoms with E-state index in [1.807, 2.05) is 33.2 Å². The molecule has 1 atom stereocenters. The number of benzene rings is 2. The van der Waals surface area contributed by atoms with E-state index in [1.54, 1.807) is 25.6 Å². The topological polar surface area (TPSA) is 102 Å². The van der Waals surface area contributed by atoms with E-state index in [2.05, 4.69) is 109 Å². The first kappa shape index (κ1) is 36.9. The molecule has 2 aromatic heterocycles. The van der Waals surface area contributed by atoms with Gasteiger partial charge in [-0.25, -0.2) is 9.97 Å². The maximum atomic E-state index is 11.3. The molecule has 0 radical (unpaired) electrons. The Kier molecular flexibility index (Phi) is 13.6. The summed E-state index contributed by atoms with van der Waals surface area (Å²) in [5.41, 5.74) is 10.0. The minimum Gasteiger partial charge on any atom is -0.388 e. The van der Waals surface area contributed by atoms with Crippen molar-refractivity contribution >= 4 is 23.3 Å². The SMILES string of the molecule is C=C(CN1CCC(C)(C=O)C1)N1CCC=C(c2ccc(-c3ncccn3)cc2)CC1.CC.CN=C(c1cn[nH]c1)c1cc(NC)ccc1C. The lowest BCUT2D eigenvalue weighted by Gasteiger charge is -2.29. The second kappa shape index (κ2) is 18.0. The Balaban J connectivity index is 0.000000241. The number of aryl methyl sites for hydroxylation is 1. The molecule has 2 aromatic carbocycles. The Morgan fingerprint density at radius 3 is 2.45 bits per heavy atom. The fraction of sp³-hybridized carbons (Fsp3) is 0.375. The molecular weight excluding hydrogens is 608 g/mol. The van der Waals surface area contributed by atoms with Gasteiger partial charge < -0.3 is 15.0 Å². The van der Waals surface area contributed by atoms with Crippen LogP contribution in [0.1, 0.15) is 62.3 Å². The van der Waals surface area contributed by atoms with Crippen LogP contribution in [-0.4, -0.2) is 88.8 Å². The van der Waals surface area contributed by atoms with E-state index in [9.17, 15) is 4.79 Å². The highest BCUT2D eigenvalue weighted by molar-refractivity contribution is 6.13. The van der Waals surface area contributed by atoms with Gasteiger partial charge in [0.1, 0.15) is 6.29 Å². The monoisotopic (exact) mass is 660 g/mol. The van der Waals surface area contributed by atoms with Crippen LogP contribution in [0, 0.1) is 12.3 Å². The van der Waals surface area contributed by atoms with Crippen molar-refractivity contribution in [1.29, 1.82) is 0 Å². The molecule has 4 heterocycles. The first-order valence-corrected chi connectivity index (χ1v) is 17.3. The molecule has 258 valence electrons. The molecule has 0 aliphatic carbocycles. The van der Waals surface area contributed by atoms with E-state index in [4.69, 9.17) is 0 Å². The normalized spacial score (nSPS) is 17.9. The zero-order chi connectivity index (χ0) is 35.2. The minimum absolute atomic E-state index is 0.190. The number of aromatic nitrogens is 4. The summed E-state index contributed by atoms with van der Waals surface area (Å²) in [4.78, 5) is 29.1. The van der Waals surface area contributed by atoms with Crippen molar-refractivity contribution in [2.75, 3.05) is 52.1 Å². The van der Waals surface area contributed by atoms with Crippen LogP contribution in [0.5, 0.6) is 0 Å². The molecule has 4 aromatic rings. The van der Waals surface area contributed by atoms with Gasteiger partial charge >= 0.3 is 0 Å². The van der Waals surface area contributed by atoms with Gasteiger partial charge in [-0.3, -0.25) is 15.0 Å². The number of aldehydes is 1. The van der Waals surface area contributed by atoms with Crippen LogP contribution in [-0.2, 0) is 4.79 Å². The molecule has 0 amide bonds. The van der Waals surface area contributed by atoms with Gasteiger partial charge in [-0.05, 0) is 67.6 Å². The molecule has 0 saturated carbocycles.